The summed E-state index contributed by atoms with van der Waals surface area (Å²) in [5.41, 5.74) is 0. The van der Waals surface area contributed by atoms with Gasteiger partial charge >= 0.3 is 19.8 Å². The number of aliphatic hydroxyl groups excluding tert-OH is 2. The van der Waals surface area contributed by atoms with E-state index in [0.717, 1.165) is 38.5 Å². The molecule has 0 aromatic carbocycles. The maximum absolute atomic E-state index is 12.2. The molecule has 0 rings (SSSR count). The standard InChI is InChI=1S/C31H61O10P/c1-3-5-7-9-11-13-15-17-19-21-23-31(35)41-29(25-33)27-39-42(36,37)38-26-28(24-32)40-30(34)22-20-18-16-14-12-10-8-6-4-2/h28-29,32-33H,3-27H2,1-2H3,(H,36,37). The lowest BCUT2D eigenvalue weighted by Crippen LogP contribution is -2.28. The fourth-order valence-corrected chi connectivity index (χ4v) is 5.25. The number of unbranched alkanes of at least 4 members (excludes halogenated alkanes) is 17. The van der Waals surface area contributed by atoms with Crippen LogP contribution in [0, 0.1) is 0 Å². The Morgan fingerprint density at radius 1 is 0.548 bits per heavy atom. The number of aliphatic hydroxyl groups is 2. The molecule has 10 nitrogen and oxygen atoms in total. The van der Waals surface area contributed by atoms with Gasteiger partial charge in [-0.2, -0.15) is 0 Å². The molecule has 0 saturated carbocycles. The Hall–Kier alpha value is -1.03. The van der Waals surface area contributed by atoms with Crippen molar-refractivity contribution in [2.45, 2.75) is 161 Å². The van der Waals surface area contributed by atoms with E-state index in [0.29, 0.717) is 12.8 Å². The first kappa shape index (κ1) is 41.0. The Morgan fingerprint density at radius 2 is 0.833 bits per heavy atom. The maximum Gasteiger partial charge on any atom is 0.472 e. The first-order chi connectivity index (χ1) is 20.3. The van der Waals surface area contributed by atoms with Crippen LogP contribution in [0.5, 0.6) is 0 Å². The van der Waals surface area contributed by atoms with E-state index in [2.05, 4.69) is 13.8 Å². The summed E-state index contributed by atoms with van der Waals surface area (Å²) in [5, 5.41) is 18.9. The van der Waals surface area contributed by atoms with Crippen LogP contribution < -0.4 is 0 Å². The summed E-state index contributed by atoms with van der Waals surface area (Å²) in [5.74, 6) is -1.02. The van der Waals surface area contributed by atoms with Crippen molar-refractivity contribution in [3.8, 4) is 0 Å². The largest absolute Gasteiger partial charge is 0.472 e. The Balaban J connectivity index is 4.05. The second kappa shape index (κ2) is 28.7. The van der Waals surface area contributed by atoms with Gasteiger partial charge in [-0.15, -0.1) is 0 Å². The van der Waals surface area contributed by atoms with Gasteiger partial charge in [-0.05, 0) is 12.8 Å². The maximum atomic E-state index is 12.2. The lowest BCUT2D eigenvalue weighted by molar-refractivity contribution is -0.153. The number of phosphoric acid groups is 1. The van der Waals surface area contributed by atoms with E-state index in [4.69, 9.17) is 18.5 Å². The Kier molecular flexibility index (Phi) is 28.0. The second-order valence-corrected chi connectivity index (χ2v) is 12.6. The summed E-state index contributed by atoms with van der Waals surface area (Å²) >= 11 is 0. The highest BCUT2D eigenvalue weighted by molar-refractivity contribution is 7.47. The van der Waals surface area contributed by atoms with Crippen LogP contribution >= 0.6 is 7.82 Å². The topological polar surface area (TPSA) is 149 Å². The van der Waals surface area contributed by atoms with Crippen molar-refractivity contribution in [1.29, 1.82) is 0 Å². The van der Waals surface area contributed by atoms with Crippen LogP contribution in [0.3, 0.4) is 0 Å². The number of carbonyl (C=O) groups excluding carboxylic acids is 2. The van der Waals surface area contributed by atoms with E-state index >= 15 is 0 Å². The fourth-order valence-electron chi connectivity index (χ4n) is 4.47. The summed E-state index contributed by atoms with van der Waals surface area (Å²) in [7, 11) is -4.61. The molecule has 250 valence electrons. The summed E-state index contributed by atoms with van der Waals surface area (Å²) in [6.07, 6.45) is 19.6. The highest BCUT2D eigenvalue weighted by Gasteiger charge is 2.27. The third-order valence-corrected chi connectivity index (χ3v) is 8.02. The molecule has 3 N–H and O–H groups in total. The molecule has 0 aromatic rings. The third-order valence-electron chi connectivity index (χ3n) is 7.07. The van der Waals surface area contributed by atoms with Gasteiger partial charge in [0, 0.05) is 12.8 Å². The predicted octanol–water partition coefficient (Wildman–Crippen LogP) is 7.16. The molecule has 11 heteroatoms. The molecule has 42 heavy (non-hydrogen) atoms. The average Bonchev–Trinajstić information content (AvgIpc) is 2.97. The molecule has 0 aliphatic carbocycles. The molecule has 0 spiro atoms. The number of hydrogen-bond donors (Lipinski definition) is 3. The van der Waals surface area contributed by atoms with E-state index in [1.165, 1.54) is 70.6 Å². The van der Waals surface area contributed by atoms with Gasteiger partial charge in [-0.3, -0.25) is 18.6 Å². The van der Waals surface area contributed by atoms with Gasteiger partial charge in [0.05, 0.1) is 26.4 Å². The van der Waals surface area contributed by atoms with Gasteiger partial charge in [0.15, 0.2) is 0 Å². The van der Waals surface area contributed by atoms with Gasteiger partial charge in [0.2, 0.25) is 0 Å². The summed E-state index contributed by atoms with van der Waals surface area (Å²) in [6, 6.07) is 0. The zero-order chi connectivity index (χ0) is 31.3. The van der Waals surface area contributed by atoms with Crippen LogP contribution in [0.15, 0.2) is 0 Å². The van der Waals surface area contributed by atoms with Crippen molar-refractivity contribution >= 4 is 19.8 Å². The van der Waals surface area contributed by atoms with E-state index in [-0.39, 0.29) is 12.8 Å². The molecule has 0 amide bonds. The van der Waals surface area contributed by atoms with Crippen molar-refractivity contribution in [3.05, 3.63) is 0 Å². The highest BCUT2D eigenvalue weighted by atomic mass is 31.2. The van der Waals surface area contributed by atoms with Crippen LogP contribution in [-0.2, 0) is 32.7 Å². The minimum Gasteiger partial charge on any atom is -0.457 e. The smallest absolute Gasteiger partial charge is 0.457 e. The van der Waals surface area contributed by atoms with Gasteiger partial charge < -0.3 is 24.6 Å². The summed E-state index contributed by atoms with van der Waals surface area (Å²) in [6.45, 7) is 2.14. The zero-order valence-electron chi connectivity index (χ0n) is 26.5. The quantitative estimate of drug-likeness (QED) is 0.0412. The molecule has 0 fully saturated rings. The van der Waals surface area contributed by atoms with Crippen molar-refractivity contribution < 1.29 is 47.8 Å². The zero-order valence-corrected chi connectivity index (χ0v) is 27.4. The molecule has 0 heterocycles. The number of hydrogen-bond acceptors (Lipinski definition) is 9. The second-order valence-electron chi connectivity index (χ2n) is 11.2. The number of ether oxygens (including phenoxy) is 2. The monoisotopic (exact) mass is 624 g/mol. The molecule has 0 aliphatic heterocycles. The van der Waals surface area contributed by atoms with Gasteiger partial charge in [-0.1, -0.05) is 123 Å². The lowest BCUT2D eigenvalue weighted by Gasteiger charge is -2.20. The summed E-state index contributed by atoms with van der Waals surface area (Å²) < 4.78 is 32.2. The highest BCUT2D eigenvalue weighted by Crippen LogP contribution is 2.43. The predicted molar refractivity (Wildman–Crippen MR) is 164 cm³/mol. The van der Waals surface area contributed by atoms with Crippen molar-refractivity contribution in [3.63, 3.8) is 0 Å². The first-order valence-electron chi connectivity index (χ1n) is 16.5. The number of esters is 2. The van der Waals surface area contributed by atoms with Crippen molar-refractivity contribution in [1.82, 2.24) is 0 Å². The average molecular weight is 625 g/mol. The van der Waals surface area contributed by atoms with E-state index in [1.54, 1.807) is 0 Å². The molecule has 3 unspecified atom stereocenters. The van der Waals surface area contributed by atoms with Gasteiger partial charge in [0.1, 0.15) is 12.2 Å². The molecule has 0 aromatic heterocycles. The Labute approximate surface area is 254 Å². The number of carbonyl (C=O) groups is 2. The first-order valence-corrected chi connectivity index (χ1v) is 18.0. The van der Waals surface area contributed by atoms with E-state index in [1.807, 2.05) is 0 Å². The Bertz CT molecular complexity index is 691. The molecule has 3 atom stereocenters. The van der Waals surface area contributed by atoms with E-state index in [9.17, 15) is 29.3 Å². The normalized spacial score (nSPS) is 14.3. The molecule has 0 saturated heterocycles. The number of rotatable bonds is 31. The number of phosphoric ester groups is 1. The van der Waals surface area contributed by atoms with Crippen LogP contribution in [0.4, 0.5) is 0 Å². The fraction of sp³-hybridized carbons (Fsp3) is 0.935. The van der Waals surface area contributed by atoms with Crippen LogP contribution in [0.2, 0.25) is 0 Å². The Morgan fingerprint density at radius 3 is 1.12 bits per heavy atom. The molecule has 0 aliphatic rings. The summed E-state index contributed by atoms with van der Waals surface area (Å²) in [4.78, 5) is 34.1. The SMILES string of the molecule is CCCCCCCCCCCCC(=O)OC(CO)COP(=O)(O)OCC(CO)OC(=O)CCCCCCCCCCC. The minimum absolute atomic E-state index is 0.197. The van der Waals surface area contributed by atoms with Gasteiger partial charge in [-0.25, -0.2) is 4.57 Å². The van der Waals surface area contributed by atoms with Crippen LogP contribution in [0.25, 0.3) is 0 Å². The molecule has 0 bridgehead atoms. The third kappa shape index (κ3) is 26.6. The van der Waals surface area contributed by atoms with E-state index < -0.39 is 58.4 Å². The van der Waals surface area contributed by atoms with Crippen molar-refractivity contribution in [2.75, 3.05) is 26.4 Å². The lowest BCUT2D eigenvalue weighted by atomic mass is 10.1. The van der Waals surface area contributed by atoms with Gasteiger partial charge in [0.25, 0.3) is 0 Å². The molecular weight excluding hydrogens is 563 g/mol. The van der Waals surface area contributed by atoms with Crippen molar-refractivity contribution in [2.24, 2.45) is 0 Å². The minimum atomic E-state index is -4.61. The molecule has 0 radical (unpaired) electrons. The molecular formula is C31H61O10P. The van der Waals surface area contributed by atoms with Crippen LogP contribution in [-0.4, -0.2) is 65.7 Å². The van der Waals surface area contributed by atoms with Crippen LogP contribution in [0.1, 0.15) is 149 Å².